The van der Waals surface area contributed by atoms with Crippen molar-refractivity contribution in [2.45, 2.75) is 37.2 Å². The van der Waals surface area contributed by atoms with E-state index in [4.69, 9.17) is 6.48 Å². The van der Waals surface area contributed by atoms with E-state index in [-0.39, 0.29) is 5.57 Å². The molecule has 0 fully saturated rings. The summed E-state index contributed by atoms with van der Waals surface area (Å²) in [5.74, 6) is -2.91. The predicted octanol–water partition coefficient (Wildman–Crippen LogP) is -2.59. The second-order valence-corrected chi connectivity index (χ2v) is 4.92. The highest BCUT2D eigenvalue weighted by molar-refractivity contribution is 6.46. The Hall–Kier alpha value is -1.71. The first-order chi connectivity index (χ1) is 10.6. The van der Waals surface area contributed by atoms with Gasteiger partial charge in [0.05, 0.1) is 6.61 Å². The fraction of sp³-hybridized carbons (Fsp3) is 0.500. The summed E-state index contributed by atoms with van der Waals surface area (Å²) < 4.78 is 7.96. The molecule has 0 bridgehead atoms. The average Bonchev–Trinajstić information content (AvgIpc) is 2.53. The maximum absolute atomic E-state index is 11.8. The molecule has 1 aliphatic rings. The van der Waals surface area contributed by atoms with Gasteiger partial charge in [0.25, 0.3) is 0 Å². The topological polar surface area (TPSA) is 152 Å². The molecule has 122 valence electrons. The Morgan fingerprint density at radius 3 is 2.32 bits per heavy atom. The number of aliphatic hydroxyl groups is 5. The molecule has 0 amide bonds. The van der Waals surface area contributed by atoms with E-state index >= 15 is 0 Å². The Balaban J connectivity index is 3.21. The molecule has 0 aliphatic heterocycles. The highest BCUT2D eigenvalue weighted by atomic mass is 16.4. The molecular formula is C14H18O8. The van der Waals surface area contributed by atoms with E-state index in [9.17, 15) is 34.8 Å². The fourth-order valence-corrected chi connectivity index (χ4v) is 1.84. The van der Waals surface area contributed by atoms with Crippen molar-refractivity contribution >= 4 is 17.3 Å². The van der Waals surface area contributed by atoms with Crippen molar-refractivity contribution in [2.24, 2.45) is 0 Å². The minimum atomic E-state index is -2.87. The lowest BCUT2D eigenvalue weighted by Gasteiger charge is -2.35. The maximum Gasteiger partial charge on any atom is 0.225 e. The molecule has 0 aromatic rings. The molecule has 1 unspecified atom stereocenters. The van der Waals surface area contributed by atoms with Crippen molar-refractivity contribution in [3.63, 3.8) is 0 Å². The molecule has 22 heavy (non-hydrogen) atoms. The summed E-state index contributed by atoms with van der Waals surface area (Å²) in [5.41, 5.74) is -3.09. The summed E-state index contributed by atoms with van der Waals surface area (Å²) in [6, 6.07) is 0. The van der Waals surface area contributed by atoms with E-state index in [0.717, 1.165) is 25.2 Å². The Labute approximate surface area is 127 Å². The molecule has 5 N–H and O–H groups in total. The molecule has 0 radical (unpaired) electrons. The molecule has 8 nitrogen and oxygen atoms in total. The Morgan fingerprint density at radius 2 is 1.86 bits per heavy atom. The van der Waals surface area contributed by atoms with Gasteiger partial charge in [0.2, 0.25) is 11.6 Å². The summed E-state index contributed by atoms with van der Waals surface area (Å²) >= 11 is 0. The first-order valence-electron chi connectivity index (χ1n) is 6.93. The van der Waals surface area contributed by atoms with Crippen LogP contribution < -0.4 is 0 Å². The summed E-state index contributed by atoms with van der Waals surface area (Å²) in [6.07, 6.45) is -5.57. The van der Waals surface area contributed by atoms with E-state index in [1.165, 1.54) is 0 Å². The van der Waals surface area contributed by atoms with E-state index in [1.54, 1.807) is 0 Å². The molecule has 8 heteroatoms. The first kappa shape index (κ1) is 16.7. The molecule has 1 rings (SSSR count). The molecule has 0 saturated carbocycles. The first-order valence-corrected chi connectivity index (χ1v) is 6.36. The quantitative estimate of drug-likeness (QED) is 0.253. The van der Waals surface area contributed by atoms with E-state index < -0.39 is 54.3 Å². The second kappa shape index (κ2) is 7.03. The number of allylic oxidation sites excluding steroid dienone is 3. The van der Waals surface area contributed by atoms with Crippen molar-refractivity contribution in [2.75, 3.05) is 6.61 Å². The number of carbonyl (C=O) groups excluding carboxylic acids is 3. The molecular weight excluding hydrogens is 296 g/mol. The number of carbonyl (C=O) groups is 3. The Bertz CT molecular complexity index is 569. The third kappa shape index (κ3) is 3.73. The molecule has 0 spiro atoms. The highest BCUT2D eigenvalue weighted by Gasteiger charge is 2.46. The van der Waals surface area contributed by atoms with Crippen molar-refractivity contribution in [1.82, 2.24) is 0 Å². The molecule has 1 aliphatic carbocycles. The van der Waals surface area contributed by atoms with E-state index in [0.29, 0.717) is 0 Å². The van der Waals surface area contributed by atoms with Gasteiger partial charge in [-0.3, -0.25) is 14.4 Å². The van der Waals surface area contributed by atoms with Gasteiger partial charge in [0.1, 0.15) is 18.3 Å². The van der Waals surface area contributed by atoms with Gasteiger partial charge in [-0.25, -0.2) is 0 Å². The molecule has 0 heterocycles. The minimum Gasteiger partial charge on any atom is -0.394 e. The van der Waals surface area contributed by atoms with Gasteiger partial charge in [0.15, 0.2) is 11.4 Å². The lowest BCUT2D eigenvalue weighted by molar-refractivity contribution is -0.172. The van der Waals surface area contributed by atoms with Crippen LogP contribution >= 0.6 is 0 Å². The predicted molar refractivity (Wildman–Crippen MR) is 72.6 cm³/mol. The summed E-state index contributed by atoms with van der Waals surface area (Å²) in [5, 5.41) is 48.3. The van der Waals surface area contributed by atoms with Crippen molar-refractivity contribution in [3.8, 4) is 0 Å². The lowest BCUT2D eigenvalue weighted by atomic mass is 9.81. The summed E-state index contributed by atoms with van der Waals surface area (Å²) in [7, 11) is 0. The fourth-order valence-electron chi connectivity index (χ4n) is 1.84. The SMILES string of the molecule is [2H]C(C1=CC(=O)C(=O)C=C1)[C@](O)(C(C)=O)[C@@H](O)[C@H](O)[C@H](O)CO. The van der Waals surface area contributed by atoms with E-state index in [2.05, 4.69) is 0 Å². The zero-order valence-corrected chi connectivity index (χ0v) is 11.7. The standard InChI is InChI=1S/C14H18O8/c1-7(16)14(22,13(21)12(20)11(19)6-15)5-8-2-3-9(17)10(18)4-8/h2-4,11-13,15,19-22H,5-6H2,1H3/t11-,12-,13+,14+/m1/s1/i5D/t5?,11-,12-,13+,14+. The summed E-state index contributed by atoms with van der Waals surface area (Å²) in [4.78, 5) is 34.2. The minimum absolute atomic E-state index is 0.225. The van der Waals surface area contributed by atoms with Gasteiger partial charge in [-0.2, -0.15) is 0 Å². The van der Waals surface area contributed by atoms with Crippen molar-refractivity contribution < 1.29 is 41.3 Å². The molecule has 0 saturated heterocycles. The van der Waals surface area contributed by atoms with Gasteiger partial charge in [-0.1, -0.05) is 6.08 Å². The van der Waals surface area contributed by atoms with Crippen LogP contribution in [0.1, 0.15) is 14.7 Å². The van der Waals surface area contributed by atoms with Gasteiger partial charge in [-0.15, -0.1) is 0 Å². The van der Waals surface area contributed by atoms with Crippen LogP contribution in [0, 0.1) is 0 Å². The number of rotatable bonds is 7. The highest BCUT2D eigenvalue weighted by Crippen LogP contribution is 2.27. The van der Waals surface area contributed by atoms with Crippen LogP contribution in [0.3, 0.4) is 0 Å². The van der Waals surface area contributed by atoms with Crippen molar-refractivity contribution in [3.05, 3.63) is 23.8 Å². The average molecular weight is 315 g/mol. The summed E-state index contributed by atoms with van der Waals surface area (Å²) in [6.45, 7) is -0.104. The number of hydrogen-bond donors (Lipinski definition) is 5. The third-order valence-electron chi connectivity index (χ3n) is 3.27. The van der Waals surface area contributed by atoms with Crippen LogP contribution in [0.4, 0.5) is 0 Å². The smallest absolute Gasteiger partial charge is 0.225 e. The van der Waals surface area contributed by atoms with Crippen LogP contribution in [0.25, 0.3) is 0 Å². The molecule has 0 aromatic carbocycles. The number of hydrogen-bond acceptors (Lipinski definition) is 8. The number of ketones is 3. The number of Topliss-reactive ketones (excluding diaryl/α,β-unsaturated/α-hetero) is 1. The zero-order valence-electron chi connectivity index (χ0n) is 12.7. The maximum atomic E-state index is 11.8. The van der Waals surface area contributed by atoms with Gasteiger partial charge >= 0.3 is 0 Å². The lowest BCUT2D eigenvalue weighted by Crippen LogP contribution is -2.57. The van der Waals surface area contributed by atoms with Crippen LogP contribution in [0.5, 0.6) is 0 Å². The zero-order chi connectivity index (χ0) is 17.9. The second-order valence-electron chi connectivity index (χ2n) is 4.92. The third-order valence-corrected chi connectivity index (χ3v) is 3.27. The largest absolute Gasteiger partial charge is 0.394 e. The van der Waals surface area contributed by atoms with E-state index in [1.807, 2.05) is 0 Å². The Kier molecular flexibility index (Phi) is 5.33. The van der Waals surface area contributed by atoms with Crippen LogP contribution in [0.2, 0.25) is 0 Å². The normalized spacial score (nSPS) is 23.9. The number of aliphatic hydroxyl groups excluding tert-OH is 4. The van der Waals surface area contributed by atoms with Crippen LogP contribution in [-0.4, -0.2) is 73.4 Å². The van der Waals surface area contributed by atoms with Gasteiger partial charge in [0, 0.05) is 7.77 Å². The van der Waals surface area contributed by atoms with Gasteiger partial charge < -0.3 is 25.5 Å². The van der Waals surface area contributed by atoms with Crippen LogP contribution in [0.15, 0.2) is 23.8 Å². The van der Waals surface area contributed by atoms with Gasteiger partial charge in [-0.05, 0) is 24.6 Å². The Morgan fingerprint density at radius 1 is 1.27 bits per heavy atom. The van der Waals surface area contributed by atoms with Crippen LogP contribution in [-0.2, 0) is 14.4 Å². The van der Waals surface area contributed by atoms with Crippen molar-refractivity contribution in [1.29, 1.82) is 0 Å². The monoisotopic (exact) mass is 315 g/mol. The molecule has 5 atom stereocenters. The molecule has 0 aromatic heterocycles.